The highest BCUT2D eigenvalue weighted by Gasteiger charge is 2.21. The zero-order valence-electron chi connectivity index (χ0n) is 10.5. The van der Waals surface area contributed by atoms with Crippen molar-refractivity contribution in [3.63, 3.8) is 0 Å². The van der Waals surface area contributed by atoms with Gasteiger partial charge in [-0.3, -0.25) is 0 Å². The van der Waals surface area contributed by atoms with Crippen molar-refractivity contribution in [3.8, 4) is 11.1 Å². The molecule has 0 atom stereocenters. The van der Waals surface area contributed by atoms with E-state index >= 15 is 0 Å². The summed E-state index contributed by atoms with van der Waals surface area (Å²) in [7, 11) is 0. The molecule has 19 heavy (non-hydrogen) atoms. The highest BCUT2D eigenvalue weighted by atomic mass is 14.2. The molecule has 0 heteroatoms. The Bertz CT molecular complexity index is 921. The normalized spacial score (nSPS) is 16.1. The zero-order chi connectivity index (χ0) is 12.4. The predicted molar refractivity (Wildman–Crippen MR) is 80.0 cm³/mol. The minimum Gasteiger partial charge on any atom is -0.0795 e. The molecular formula is C19H12. The number of rotatable bonds is 0. The van der Waals surface area contributed by atoms with Crippen LogP contribution in [0.4, 0.5) is 0 Å². The van der Waals surface area contributed by atoms with Crippen LogP contribution in [0.5, 0.6) is 0 Å². The number of benzene rings is 2. The minimum absolute atomic E-state index is 1.06. The molecular weight excluding hydrogens is 228 g/mol. The molecule has 0 fully saturated rings. The van der Waals surface area contributed by atoms with Gasteiger partial charge in [-0.15, -0.1) is 0 Å². The monoisotopic (exact) mass is 240 g/mol. The molecule has 2 aromatic rings. The van der Waals surface area contributed by atoms with Crippen LogP contribution >= 0.6 is 0 Å². The smallest absolute Gasteiger partial charge is 0.00699 e. The van der Waals surface area contributed by atoms with E-state index < -0.39 is 0 Å². The summed E-state index contributed by atoms with van der Waals surface area (Å²) in [5.41, 5.74) is 8.50. The molecule has 88 valence electrons. The Balaban J connectivity index is 1.98. The highest BCUT2D eigenvalue weighted by molar-refractivity contribution is 5.91. The van der Waals surface area contributed by atoms with Crippen molar-refractivity contribution in [1.29, 1.82) is 0 Å². The van der Waals surface area contributed by atoms with Gasteiger partial charge >= 0.3 is 0 Å². The Hall–Kier alpha value is -2.34. The van der Waals surface area contributed by atoms with Crippen LogP contribution in [0.25, 0.3) is 28.9 Å². The lowest BCUT2D eigenvalue weighted by atomic mass is 9.89. The van der Waals surface area contributed by atoms with Gasteiger partial charge < -0.3 is 0 Å². The summed E-state index contributed by atoms with van der Waals surface area (Å²) in [4.78, 5) is 0. The molecule has 3 aliphatic rings. The topological polar surface area (TPSA) is 0 Å². The maximum Gasteiger partial charge on any atom is -0.00699 e. The molecule has 0 radical (unpaired) electrons. The summed E-state index contributed by atoms with van der Waals surface area (Å²) in [5, 5.41) is 2.82. The van der Waals surface area contributed by atoms with Gasteiger partial charge in [0.1, 0.15) is 0 Å². The van der Waals surface area contributed by atoms with Gasteiger partial charge in [-0.1, -0.05) is 48.6 Å². The van der Waals surface area contributed by atoms with E-state index in [1.807, 2.05) is 0 Å². The predicted octanol–water partition coefficient (Wildman–Crippen LogP) is 2.79. The zero-order valence-corrected chi connectivity index (χ0v) is 10.5. The van der Waals surface area contributed by atoms with Crippen LogP contribution in [0.15, 0.2) is 48.6 Å². The largest absolute Gasteiger partial charge is 0.0795 e. The van der Waals surface area contributed by atoms with Gasteiger partial charge in [0.2, 0.25) is 0 Å². The quantitative estimate of drug-likeness (QED) is 0.567. The van der Waals surface area contributed by atoms with Gasteiger partial charge in [-0.2, -0.15) is 0 Å². The Morgan fingerprint density at radius 3 is 2.89 bits per heavy atom. The molecule has 0 amide bonds. The lowest BCUT2D eigenvalue weighted by Crippen LogP contribution is -2.21. The summed E-state index contributed by atoms with van der Waals surface area (Å²) >= 11 is 0. The Labute approximate surface area is 111 Å². The summed E-state index contributed by atoms with van der Waals surface area (Å²) in [6, 6.07) is 11.1. The van der Waals surface area contributed by atoms with Crippen LogP contribution in [0.1, 0.15) is 16.7 Å². The average Bonchev–Trinajstić information content (AvgIpc) is 3.03. The van der Waals surface area contributed by atoms with Gasteiger partial charge in [0, 0.05) is 0 Å². The van der Waals surface area contributed by atoms with Crippen molar-refractivity contribution in [2.24, 2.45) is 0 Å². The molecule has 0 unspecified atom stereocenters. The second kappa shape index (κ2) is 3.16. The first-order valence-corrected chi connectivity index (χ1v) is 6.78. The summed E-state index contributed by atoms with van der Waals surface area (Å²) < 4.78 is 0. The van der Waals surface area contributed by atoms with E-state index in [0.29, 0.717) is 0 Å². The third kappa shape index (κ3) is 1.09. The molecule has 2 aromatic carbocycles. The SMILES string of the molecule is C1=CC2=CC=c3cc4c(c(c32)C1)=Cc1ccccc1-4. The fourth-order valence-electron chi connectivity index (χ4n) is 3.58. The number of hydrogen-bond acceptors (Lipinski definition) is 0. The van der Waals surface area contributed by atoms with Crippen LogP contribution in [-0.4, -0.2) is 0 Å². The van der Waals surface area contributed by atoms with Crippen molar-refractivity contribution in [3.05, 3.63) is 75.7 Å². The Morgan fingerprint density at radius 2 is 1.89 bits per heavy atom. The standard InChI is InChI=1S/C19H12/c1-2-6-15-13(4-1)10-18-16-7-3-5-12-8-9-14(19(12)16)11-17(15)18/h1-6,8-11H,7H2. The fraction of sp³-hybridized carbons (Fsp3) is 0.0526. The minimum atomic E-state index is 1.06. The first-order chi connectivity index (χ1) is 9.42. The fourth-order valence-corrected chi connectivity index (χ4v) is 3.58. The number of fused-ring (bicyclic) bond motifs is 4. The van der Waals surface area contributed by atoms with Crippen LogP contribution in [0.3, 0.4) is 0 Å². The van der Waals surface area contributed by atoms with Crippen LogP contribution < -0.4 is 10.4 Å². The lowest BCUT2D eigenvalue weighted by molar-refractivity contribution is 1.20. The molecule has 3 aliphatic carbocycles. The molecule has 0 nitrogen and oxygen atoms in total. The van der Waals surface area contributed by atoms with E-state index in [0.717, 1.165) is 6.42 Å². The van der Waals surface area contributed by atoms with Crippen molar-refractivity contribution in [1.82, 2.24) is 0 Å². The second-order valence-electron chi connectivity index (χ2n) is 5.41. The van der Waals surface area contributed by atoms with Crippen LogP contribution in [-0.2, 0) is 6.42 Å². The number of hydrogen-bond donors (Lipinski definition) is 0. The maximum absolute atomic E-state index is 2.36. The van der Waals surface area contributed by atoms with E-state index in [-0.39, 0.29) is 0 Å². The van der Waals surface area contributed by atoms with Crippen LogP contribution in [0.2, 0.25) is 0 Å². The molecule has 0 saturated carbocycles. The first kappa shape index (κ1) is 9.57. The van der Waals surface area contributed by atoms with Gasteiger partial charge in [-0.25, -0.2) is 0 Å². The van der Waals surface area contributed by atoms with E-state index in [1.54, 1.807) is 0 Å². The molecule has 5 rings (SSSR count). The Morgan fingerprint density at radius 1 is 0.947 bits per heavy atom. The van der Waals surface area contributed by atoms with Crippen LogP contribution in [0, 0.1) is 0 Å². The average molecular weight is 240 g/mol. The van der Waals surface area contributed by atoms with Gasteiger partial charge in [-0.05, 0) is 62.4 Å². The van der Waals surface area contributed by atoms with Crippen molar-refractivity contribution < 1.29 is 0 Å². The maximum atomic E-state index is 2.36. The van der Waals surface area contributed by atoms with Gasteiger partial charge in [0.05, 0.1) is 0 Å². The second-order valence-corrected chi connectivity index (χ2v) is 5.41. The molecule has 0 heterocycles. The molecule has 0 N–H and O–H groups in total. The third-order valence-corrected chi connectivity index (χ3v) is 4.41. The van der Waals surface area contributed by atoms with Crippen molar-refractivity contribution >= 4 is 17.7 Å². The summed E-state index contributed by atoms with van der Waals surface area (Å²) in [6.45, 7) is 0. The first-order valence-electron chi connectivity index (χ1n) is 6.78. The summed E-state index contributed by atoms with van der Waals surface area (Å²) in [6.07, 6.45) is 12.4. The van der Waals surface area contributed by atoms with Crippen molar-refractivity contribution in [2.75, 3.05) is 0 Å². The van der Waals surface area contributed by atoms with E-state index in [4.69, 9.17) is 0 Å². The highest BCUT2D eigenvalue weighted by Crippen LogP contribution is 2.31. The van der Waals surface area contributed by atoms with E-state index in [2.05, 4.69) is 60.7 Å². The lowest BCUT2D eigenvalue weighted by Gasteiger charge is -2.14. The Kier molecular flexibility index (Phi) is 1.59. The van der Waals surface area contributed by atoms with Gasteiger partial charge in [0.15, 0.2) is 0 Å². The number of allylic oxidation sites excluding steroid dienone is 4. The third-order valence-electron chi connectivity index (χ3n) is 4.41. The molecule has 0 saturated heterocycles. The summed E-state index contributed by atoms with van der Waals surface area (Å²) in [5.74, 6) is 0. The van der Waals surface area contributed by atoms with Crippen molar-refractivity contribution in [2.45, 2.75) is 6.42 Å². The van der Waals surface area contributed by atoms with Gasteiger partial charge in [0.25, 0.3) is 0 Å². The van der Waals surface area contributed by atoms with E-state index in [1.165, 1.54) is 43.8 Å². The molecule has 0 aliphatic heterocycles. The molecule has 0 spiro atoms. The van der Waals surface area contributed by atoms with E-state index in [9.17, 15) is 0 Å². The molecule has 0 aromatic heterocycles. The molecule has 0 bridgehead atoms.